The van der Waals surface area contributed by atoms with Crippen LogP contribution in [0.4, 0.5) is 4.39 Å². The van der Waals surface area contributed by atoms with Gasteiger partial charge in [0.15, 0.2) is 0 Å². The van der Waals surface area contributed by atoms with Gasteiger partial charge < -0.3 is 5.32 Å². The Kier molecular flexibility index (Phi) is 6.14. The summed E-state index contributed by atoms with van der Waals surface area (Å²) < 4.78 is 14.1. The van der Waals surface area contributed by atoms with Crippen LogP contribution in [0.3, 0.4) is 0 Å². The SMILES string of the molecule is CCC(CC)C(Cc1cc(F)cc(Br)c1)NC. The van der Waals surface area contributed by atoms with Crippen LogP contribution in [0.2, 0.25) is 0 Å². The number of rotatable bonds is 6. The van der Waals surface area contributed by atoms with Crippen molar-refractivity contribution in [1.82, 2.24) is 5.32 Å². The molecule has 0 spiro atoms. The molecule has 0 saturated carbocycles. The third-order valence-corrected chi connectivity index (χ3v) is 3.82. The highest BCUT2D eigenvalue weighted by molar-refractivity contribution is 9.10. The molecule has 3 heteroatoms. The zero-order valence-corrected chi connectivity index (χ0v) is 12.3. The van der Waals surface area contributed by atoms with E-state index in [-0.39, 0.29) is 5.82 Å². The van der Waals surface area contributed by atoms with Crippen molar-refractivity contribution >= 4 is 15.9 Å². The lowest BCUT2D eigenvalue weighted by molar-refractivity contribution is 0.349. The van der Waals surface area contributed by atoms with E-state index in [0.717, 1.165) is 29.3 Å². The maximum Gasteiger partial charge on any atom is 0.124 e. The molecule has 17 heavy (non-hydrogen) atoms. The summed E-state index contributed by atoms with van der Waals surface area (Å²) in [5.74, 6) is 0.468. The highest BCUT2D eigenvalue weighted by Crippen LogP contribution is 2.20. The van der Waals surface area contributed by atoms with Crippen molar-refractivity contribution in [3.05, 3.63) is 34.1 Å². The van der Waals surface area contributed by atoms with E-state index in [2.05, 4.69) is 35.1 Å². The lowest BCUT2D eigenvalue weighted by atomic mass is 9.89. The number of hydrogen-bond acceptors (Lipinski definition) is 1. The second kappa shape index (κ2) is 7.12. The van der Waals surface area contributed by atoms with Crippen LogP contribution in [0.1, 0.15) is 32.3 Å². The maximum absolute atomic E-state index is 13.3. The van der Waals surface area contributed by atoms with Crippen LogP contribution in [0.25, 0.3) is 0 Å². The first-order chi connectivity index (χ1) is 8.10. The van der Waals surface area contributed by atoms with E-state index in [9.17, 15) is 4.39 Å². The summed E-state index contributed by atoms with van der Waals surface area (Å²) in [5, 5.41) is 3.35. The summed E-state index contributed by atoms with van der Waals surface area (Å²) in [5.41, 5.74) is 1.04. The van der Waals surface area contributed by atoms with E-state index in [4.69, 9.17) is 0 Å². The van der Waals surface area contributed by atoms with E-state index in [0.29, 0.717) is 12.0 Å². The third kappa shape index (κ3) is 4.40. The zero-order chi connectivity index (χ0) is 12.8. The topological polar surface area (TPSA) is 12.0 Å². The Morgan fingerprint density at radius 3 is 2.35 bits per heavy atom. The predicted octanol–water partition coefficient (Wildman–Crippen LogP) is 4.15. The maximum atomic E-state index is 13.3. The van der Waals surface area contributed by atoms with Gasteiger partial charge in [0.05, 0.1) is 0 Å². The van der Waals surface area contributed by atoms with Gasteiger partial charge in [-0.05, 0) is 43.1 Å². The largest absolute Gasteiger partial charge is 0.316 e. The quantitative estimate of drug-likeness (QED) is 0.832. The van der Waals surface area contributed by atoms with Crippen LogP contribution in [0, 0.1) is 11.7 Å². The molecule has 0 aromatic heterocycles. The van der Waals surface area contributed by atoms with Gasteiger partial charge in [-0.1, -0.05) is 42.6 Å². The summed E-state index contributed by atoms with van der Waals surface area (Å²) in [4.78, 5) is 0. The molecule has 0 amide bonds. The molecular formula is C14H21BrFN. The molecule has 1 atom stereocenters. The predicted molar refractivity (Wildman–Crippen MR) is 74.7 cm³/mol. The number of likely N-dealkylation sites (N-methyl/N-ethyl adjacent to an activating group) is 1. The molecule has 0 saturated heterocycles. The monoisotopic (exact) mass is 301 g/mol. The van der Waals surface area contributed by atoms with Gasteiger partial charge in [0.2, 0.25) is 0 Å². The van der Waals surface area contributed by atoms with Gasteiger partial charge in [0, 0.05) is 10.5 Å². The molecule has 1 aromatic carbocycles. The summed E-state index contributed by atoms with van der Waals surface area (Å²) in [6.07, 6.45) is 3.18. The summed E-state index contributed by atoms with van der Waals surface area (Å²) in [6.45, 7) is 4.42. The molecule has 1 unspecified atom stereocenters. The fraction of sp³-hybridized carbons (Fsp3) is 0.571. The molecule has 1 nitrogen and oxygen atoms in total. The van der Waals surface area contributed by atoms with Crippen LogP contribution < -0.4 is 5.32 Å². The van der Waals surface area contributed by atoms with Gasteiger partial charge >= 0.3 is 0 Å². The third-order valence-electron chi connectivity index (χ3n) is 3.37. The lowest BCUT2D eigenvalue weighted by Crippen LogP contribution is -2.35. The first-order valence-electron chi connectivity index (χ1n) is 6.22. The molecule has 0 aliphatic carbocycles. The molecule has 0 aliphatic rings. The second-order valence-corrected chi connectivity index (χ2v) is 5.37. The highest BCUT2D eigenvalue weighted by Gasteiger charge is 2.17. The Bertz CT molecular complexity index is 330. The average Bonchev–Trinajstić information content (AvgIpc) is 2.27. The summed E-state index contributed by atoms with van der Waals surface area (Å²) in [7, 11) is 1.98. The normalized spacial score (nSPS) is 13.1. The first-order valence-corrected chi connectivity index (χ1v) is 7.02. The van der Waals surface area contributed by atoms with Crippen molar-refractivity contribution in [2.45, 2.75) is 39.2 Å². The van der Waals surface area contributed by atoms with Crippen molar-refractivity contribution in [2.24, 2.45) is 5.92 Å². The van der Waals surface area contributed by atoms with E-state index in [1.807, 2.05) is 13.1 Å². The Morgan fingerprint density at radius 1 is 1.24 bits per heavy atom. The van der Waals surface area contributed by atoms with Crippen molar-refractivity contribution in [2.75, 3.05) is 7.05 Å². The van der Waals surface area contributed by atoms with Gasteiger partial charge in [-0.15, -0.1) is 0 Å². The van der Waals surface area contributed by atoms with Crippen LogP contribution in [0.15, 0.2) is 22.7 Å². The smallest absolute Gasteiger partial charge is 0.124 e. The van der Waals surface area contributed by atoms with E-state index < -0.39 is 0 Å². The number of nitrogens with one attached hydrogen (secondary N) is 1. The lowest BCUT2D eigenvalue weighted by Gasteiger charge is -2.25. The van der Waals surface area contributed by atoms with E-state index in [1.54, 1.807) is 6.07 Å². The fourth-order valence-corrected chi connectivity index (χ4v) is 2.86. The number of halogens is 2. The second-order valence-electron chi connectivity index (χ2n) is 4.45. The van der Waals surface area contributed by atoms with E-state index in [1.165, 1.54) is 6.07 Å². The molecular weight excluding hydrogens is 281 g/mol. The molecule has 0 fully saturated rings. The Balaban J connectivity index is 2.79. The zero-order valence-electron chi connectivity index (χ0n) is 10.8. The molecule has 1 N–H and O–H groups in total. The van der Waals surface area contributed by atoms with Crippen LogP contribution >= 0.6 is 15.9 Å². The minimum atomic E-state index is -0.172. The van der Waals surface area contributed by atoms with Crippen LogP contribution in [-0.2, 0) is 6.42 Å². The minimum Gasteiger partial charge on any atom is -0.316 e. The molecule has 0 heterocycles. The molecule has 1 aromatic rings. The van der Waals surface area contributed by atoms with Crippen molar-refractivity contribution in [1.29, 1.82) is 0 Å². The summed E-state index contributed by atoms with van der Waals surface area (Å²) >= 11 is 3.34. The first kappa shape index (κ1) is 14.7. The summed E-state index contributed by atoms with van der Waals surface area (Å²) in [6, 6.07) is 5.53. The van der Waals surface area contributed by atoms with Gasteiger partial charge in [-0.2, -0.15) is 0 Å². The number of benzene rings is 1. The minimum absolute atomic E-state index is 0.172. The van der Waals surface area contributed by atoms with Gasteiger partial charge in [-0.25, -0.2) is 4.39 Å². The Labute approximate surface area is 112 Å². The van der Waals surface area contributed by atoms with Gasteiger partial charge in [0.25, 0.3) is 0 Å². The average molecular weight is 302 g/mol. The molecule has 1 rings (SSSR count). The van der Waals surface area contributed by atoms with Gasteiger partial charge in [-0.3, -0.25) is 0 Å². The van der Waals surface area contributed by atoms with E-state index >= 15 is 0 Å². The van der Waals surface area contributed by atoms with Crippen molar-refractivity contribution < 1.29 is 4.39 Å². The molecule has 96 valence electrons. The Morgan fingerprint density at radius 2 is 1.88 bits per heavy atom. The Hall–Kier alpha value is -0.410. The number of hydrogen-bond donors (Lipinski definition) is 1. The molecule has 0 radical (unpaired) electrons. The van der Waals surface area contributed by atoms with Crippen LogP contribution in [-0.4, -0.2) is 13.1 Å². The standard InChI is InChI=1S/C14H21BrFN/c1-4-11(5-2)14(17-3)8-10-6-12(15)9-13(16)7-10/h6-7,9,11,14,17H,4-5,8H2,1-3H3. The van der Waals surface area contributed by atoms with Crippen molar-refractivity contribution in [3.8, 4) is 0 Å². The van der Waals surface area contributed by atoms with Gasteiger partial charge in [0.1, 0.15) is 5.82 Å². The molecule has 0 aliphatic heterocycles. The molecule has 0 bridgehead atoms. The fourth-order valence-electron chi connectivity index (χ4n) is 2.34. The van der Waals surface area contributed by atoms with Crippen molar-refractivity contribution in [3.63, 3.8) is 0 Å². The van der Waals surface area contributed by atoms with Crippen LogP contribution in [0.5, 0.6) is 0 Å². The highest BCUT2D eigenvalue weighted by atomic mass is 79.9.